The summed E-state index contributed by atoms with van der Waals surface area (Å²) in [6.45, 7) is 1.60. The zero-order chi connectivity index (χ0) is 13.8. The molecule has 1 N–H and O–H groups in total. The first-order valence-electron chi connectivity index (χ1n) is 5.55. The van der Waals surface area contributed by atoms with Gasteiger partial charge in [-0.2, -0.15) is 0 Å². The Labute approximate surface area is 108 Å². The van der Waals surface area contributed by atoms with Crippen molar-refractivity contribution in [3.05, 3.63) is 59.7 Å². The molecule has 0 unspecified atom stereocenters. The summed E-state index contributed by atoms with van der Waals surface area (Å²) in [5.74, 6) is -0.854. The number of rotatable bonds is 2. The molecule has 0 radical (unpaired) electrons. The molecule has 0 bridgehead atoms. The Morgan fingerprint density at radius 2 is 1.95 bits per heavy atom. The Kier molecular flexibility index (Phi) is 3.75. The van der Waals surface area contributed by atoms with Gasteiger partial charge in [0.1, 0.15) is 17.4 Å². The number of carbonyl (C=O) groups excluding carboxylic acids is 1. The van der Waals surface area contributed by atoms with Crippen molar-refractivity contribution in [3.63, 3.8) is 0 Å². The summed E-state index contributed by atoms with van der Waals surface area (Å²) in [5, 5.41) is 2.34. The van der Waals surface area contributed by atoms with Gasteiger partial charge >= 0.3 is 6.09 Å². The van der Waals surface area contributed by atoms with Crippen molar-refractivity contribution in [3.8, 4) is 5.75 Å². The molecule has 2 aromatic rings. The van der Waals surface area contributed by atoms with Crippen LogP contribution < -0.4 is 10.1 Å². The van der Waals surface area contributed by atoms with Crippen LogP contribution in [0.25, 0.3) is 0 Å². The van der Waals surface area contributed by atoms with Gasteiger partial charge in [0.25, 0.3) is 0 Å². The number of carbonyl (C=O) groups is 1. The summed E-state index contributed by atoms with van der Waals surface area (Å²) in [4.78, 5) is 11.5. The van der Waals surface area contributed by atoms with Gasteiger partial charge in [0, 0.05) is 11.8 Å². The van der Waals surface area contributed by atoms with Crippen molar-refractivity contribution in [2.45, 2.75) is 6.92 Å². The van der Waals surface area contributed by atoms with Crippen molar-refractivity contribution in [2.24, 2.45) is 0 Å². The molecule has 0 aliphatic carbocycles. The normalized spacial score (nSPS) is 10.1. The first-order chi connectivity index (χ1) is 9.04. The van der Waals surface area contributed by atoms with Crippen LogP contribution in [-0.4, -0.2) is 6.09 Å². The fraction of sp³-hybridized carbons (Fsp3) is 0.0714. The number of nitrogens with one attached hydrogen (secondary N) is 1. The van der Waals surface area contributed by atoms with Crippen LogP contribution in [0, 0.1) is 18.6 Å². The number of benzene rings is 2. The highest BCUT2D eigenvalue weighted by Gasteiger charge is 2.07. The molecule has 0 aromatic heterocycles. The van der Waals surface area contributed by atoms with Gasteiger partial charge in [-0.1, -0.05) is 12.1 Å². The Morgan fingerprint density at radius 3 is 2.63 bits per heavy atom. The van der Waals surface area contributed by atoms with Crippen molar-refractivity contribution in [2.75, 3.05) is 5.32 Å². The van der Waals surface area contributed by atoms with Gasteiger partial charge in [-0.05, 0) is 36.8 Å². The number of anilines is 1. The van der Waals surface area contributed by atoms with Crippen LogP contribution in [0.2, 0.25) is 0 Å². The van der Waals surface area contributed by atoms with Crippen LogP contribution in [0.1, 0.15) is 5.56 Å². The molecule has 1 amide bonds. The monoisotopic (exact) mass is 263 g/mol. The lowest BCUT2D eigenvalue weighted by atomic mass is 10.2. The lowest BCUT2D eigenvalue weighted by Crippen LogP contribution is -2.16. The van der Waals surface area contributed by atoms with Gasteiger partial charge in [0.05, 0.1) is 0 Å². The molecule has 0 aliphatic rings. The largest absolute Gasteiger partial charge is 0.417 e. The molecule has 2 rings (SSSR count). The number of halogens is 2. The molecule has 3 nitrogen and oxygen atoms in total. The molecule has 98 valence electrons. The molecule has 0 saturated carbocycles. The molecule has 0 aliphatic heterocycles. The molecule has 0 spiro atoms. The van der Waals surface area contributed by atoms with Gasteiger partial charge in [-0.25, -0.2) is 13.6 Å². The van der Waals surface area contributed by atoms with E-state index in [4.69, 9.17) is 4.74 Å². The number of hydrogen-bond acceptors (Lipinski definition) is 2. The molecule has 0 atom stereocenters. The summed E-state index contributed by atoms with van der Waals surface area (Å²) in [7, 11) is 0. The summed E-state index contributed by atoms with van der Waals surface area (Å²) in [6.07, 6.45) is -0.811. The molecule has 5 heteroatoms. The van der Waals surface area contributed by atoms with E-state index in [1.165, 1.54) is 30.3 Å². The Hall–Kier alpha value is -2.43. The quantitative estimate of drug-likeness (QED) is 0.892. The molecule has 19 heavy (non-hydrogen) atoms. The first-order valence-corrected chi connectivity index (χ1v) is 5.55. The molecule has 2 aromatic carbocycles. The standard InChI is InChI=1S/C14H11F2NO2/c1-9-5-6-12(8-13(9)16)19-14(18)17-11-4-2-3-10(15)7-11/h2-8H,1H3,(H,17,18). The van der Waals surface area contributed by atoms with Gasteiger partial charge in [-0.15, -0.1) is 0 Å². The smallest absolute Gasteiger partial charge is 0.410 e. The third-order valence-electron chi connectivity index (χ3n) is 2.42. The summed E-state index contributed by atoms with van der Waals surface area (Å²) in [6, 6.07) is 9.46. The third kappa shape index (κ3) is 3.51. The highest BCUT2D eigenvalue weighted by atomic mass is 19.1. The van der Waals surface area contributed by atoms with E-state index < -0.39 is 17.7 Å². The number of ether oxygens (including phenoxy) is 1. The number of amides is 1. The van der Waals surface area contributed by atoms with Crippen molar-refractivity contribution >= 4 is 11.8 Å². The minimum absolute atomic E-state index is 0.0806. The zero-order valence-corrected chi connectivity index (χ0v) is 10.1. The Morgan fingerprint density at radius 1 is 1.16 bits per heavy atom. The first kappa shape index (κ1) is 13.0. The molecule has 0 saturated heterocycles. The number of aryl methyl sites for hydroxylation is 1. The van der Waals surface area contributed by atoms with Crippen molar-refractivity contribution < 1.29 is 18.3 Å². The summed E-state index contributed by atoms with van der Waals surface area (Å²) in [5.41, 5.74) is 0.718. The van der Waals surface area contributed by atoms with E-state index >= 15 is 0 Å². The second-order valence-corrected chi connectivity index (χ2v) is 3.94. The SMILES string of the molecule is Cc1ccc(OC(=O)Nc2cccc(F)c2)cc1F. The van der Waals surface area contributed by atoms with E-state index in [-0.39, 0.29) is 11.4 Å². The maximum absolute atomic E-state index is 13.2. The third-order valence-corrected chi connectivity index (χ3v) is 2.42. The van der Waals surface area contributed by atoms with E-state index in [1.807, 2.05) is 0 Å². The maximum Gasteiger partial charge on any atom is 0.417 e. The van der Waals surface area contributed by atoms with E-state index in [1.54, 1.807) is 6.92 Å². The van der Waals surface area contributed by atoms with Crippen LogP contribution in [0.4, 0.5) is 19.3 Å². The highest BCUT2D eigenvalue weighted by Crippen LogP contribution is 2.17. The number of hydrogen-bond donors (Lipinski definition) is 1. The van der Waals surface area contributed by atoms with E-state index in [9.17, 15) is 13.6 Å². The minimum atomic E-state index is -0.811. The average Bonchev–Trinajstić information content (AvgIpc) is 2.34. The molecular formula is C14H11F2NO2. The van der Waals surface area contributed by atoms with E-state index in [0.717, 1.165) is 12.1 Å². The Bertz CT molecular complexity index is 614. The second kappa shape index (κ2) is 5.48. The van der Waals surface area contributed by atoms with E-state index in [0.29, 0.717) is 5.56 Å². The molecule has 0 fully saturated rings. The fourth-order valence-electron chi connectivity index (χ4n) is 1.45. The topological polar surface area (TPSA) is 38.3 Å². The highest BCUT2D eigenvalue weighted by molar-refractivity contribution is 5.86. The average molecular weight is 263 g/mol. The lowest BCUT2D eigenvalue weighted by molar-refractivity contribution is 0.215. The maximum atomic E-state index is 13.2. The minimum Gasteiger partial charge on any atom is -0.410 e. The van der Waals surface area contributed by atoms with Crippen molar-refractivity contribution in [1.29, 1.82) is 0 Å². The predicted octanol–water partition coefficient (Wildman–Crippen LogP) is 3.88. The molecule has 0 heterocycles. The lowest BCUT2D eigenvalue weighted by Gasteiger charge is -2.07. The summed E-state index contributed by atoms with van der Waals surface area (Å²) >= 11 is 0. The molecular weight excluding hydrogens is 252 g/mol. The van der Waals surface area contributed by atoms with Crippen LogP contribution >= 0.6 is 0 Å². The van der Waals surface area contributed by atoms with Gasteiger partial charge in [0.2, 0.25) is 0 Å². The second-order valence-electron chi connectivity index (χ2n) is 3.94. The Balaban J connectivity index is 2.03. The van der Waals surface area contributed by atoms with Crippen LogP contribution in [-0.2, 0) is 0 Å². The zero-order valence-electron chi connectivity index (χ0n) is 10.1. The van der Waals surface area contributed by atoms with Crippen LogP contribution in [0.3, 0.4) is 0 Å². The van der Waals surface area contributed by atoms with E-state index in [2.05, 4.69) is 5.32 Å². The predicted molar refractivity (Wildman–Crippen MR) is 67.2 cm³/mol. The van der Waals surface area contributed by atoms with Gasteiger partial charge < -0.3 is 4.74 Å². The van der Waals surface area contributed by atoms with Crippen molar-refractivity contribution in [1.82, 2.24) is 0 Å². The van der Waals surface area contributed by atoms with Gasteiger partial charge in [0.15, 0.2) is 0 Å². The van der Waals surface area contributed by atoms with Gasteiger partial charge in [-0.3, -0.25) is 5.32 Å². The van der Waals surface area contributed by atoms with Crippen LogP contribution in [0.5, 0.6) is 5.75 Å². The van der Waals surface area contributed by atoms with Crippen LogP contribution in [0.15, 0.2) is 42.5 Å². The summed E-state index contributed by atoms with van der Waals surface area (Å²) < 4.78 is 31.0. The fourth-order valence-corrected chi connectivity index (χ4v) is 1.45.